The van der Waals surface area contributed by atoms with Crippen molar-refractivity contribution in [3.63, 3.8) is 0 Å². The number of para-hydroxylation sites is 2. The summed E-state index contributed by atoms with van der Waals surface area (Å²) in [5.74, 6) is 1.66. The lowest BCUT2D eigenvalue weighted by Crippen LogP contribution is -2.09. The van der Waals surface area contributed by atoms with Gasteiger partial charge in [0.05, 0.1) is 23.4 Å². The molecule has 0 aliphatic carbocycles. The van der Waals surface area contributed by atoms with Gasteiger partial charge in [0.1, 0.15) is 29.4 Å². The molecule has 4 aromatic rings. The first kappa shape index (κ1) is 22.1. The average Bonchev–Trinajstić information content (AvgIpc) is 3.43. The zero-order valence-corrected chi connectivity index (χ0v) is 18.5. The van der Waals surface area contributed by atoms with Crippen molar-refractivity contribution in [1.82, 2.24) is 15.3 Å². The number of nitrogens with zero attached hydrogens (tertiary/aromatic N) is 3. The Kier molecular flexibility index (Phi) is 6.68. The maximum absolute atomic E-state index is 12.7. The van der Waals surface area contributed by atoms with Crippen LogP contribution >= 0.6 is 0 Å². The summed E-state index contributed by atoms with van der Waals surface area (Å²) in [6.45, 7) is 6.09. The van der Waals surface area contributed by atoms with Gasteiger partial charge in [0.25, 0.3) is 5.89 Å². The highest BCUT2D eigenvalue weighted by Gasteiger charge is 2.18. The molecule has 0 N–H and O–H groups in total. The van der Waals surface area contributed by atoms with Gasteiger partial charge < -0.3 is 23.3 Å². The summed E-state index contributed by atoms with van der Waals surface area (Å²) in [4.78, 5) is 17.0. The molecule has 0 aliphatic rings. The molecule has 0 saturated heterocycles. The fourth-order valence-electron chi connectivity index (χ4n) is 3.18. The van der Waals surface area contributed by atoms with Crippen LogP contribution in [0.5, 0.6) is 11.5 Å². The molecule has 0 aliphatic heterocycles. The van der Waals surface area contributed by atoms with E-state index in [9.17, 15) is 4.79 Å². The number of rotatable bonds is 9. The van der Waals surface area contributed by atoms with Crippen LogP contribution in [0, 0.1) is 13.8 Å². The van der Waals surface area contributed by atoms with Gasteiger partial charge in [0, 0.05) is 0 Å². The van der Waals surface area contributed by atoms with E-state index in [0.29, 0.717) is 35.3 Å². The van der Waals surface area contributed by atoms with E-state index in [0.717, 1.165) is 11.3 Å². The van der Waals surface area contributed by atoms with Crippen LogP contribution in [0.1, 0.15) is 40.2 Å². The molecule has 0 bridgehead atoms. The van der Waals surface area contributed by atoms with Crippen LogP contribution in [-0.2, 0) is 18.0 Å². The summed E-state index contributed by atoms with van der Waals surface area (Å²) in [7, 11) is 0. The SMILES string of the molecule is CCOc1ccccc1-c1noc(COC(=O)c2ccccc2OCc2c(C)noc2C)n1. The number of benzene rings is 2. The van der Waals surface area contributed by atoms with Gasteiger partial charge in [-0.05, 0) is 45.0 Å². The lowest BCUT2D eigenvalue weighted by Gasteiger charge is -2.10. The van der Waals surface area contributed by atoms with Crippen LogP contribution in [0.4, 0.5) is 0 Å². The van der Waals surface area contributed by atoms with E-state index in [1.807, 2.05) is 45.0 Å². The number of ether oxygens (including phenoxy) is 3. The topological polar surface area (TPSA) is 110 Å². The normalized spacial score (nSPS) is 10.8. The number of aromatic nitrogens is 3. The summed E-state index contributed by atoms with van der Waals surface area (Å²) in [6, 6.07) is 14.2. The highest BCUT2D eigenvalue weighted by atomic mass is 16.6. The first-order chi connectivity index (χ1) is 16.1. The summed E-state index contributed by atoms with van der Waals surface area (Å²) in [5, 5.41) is 7.89. The van der Waals surface area contributed by atoms with Gasteiger partial charge in [-0.1, -0.05) is 34.6 Å². The Morgan fingerprint density at radius 2 is 1.67 bits per heavy atom. The fraction of sp³-hybridized carbons (Fsp3) is 0.250. The van der Waals surface area contributed by atoms with Gasteiger partial charge in [-0.2, -0.15) is 4.98 Å². The molecule has 33 heavy (non-hydrogen) atoms. The fourth-order valence-corrected chi connectivity index (χ4v) is 3.18. The minimum atomic E-state index is -0.571. The Bertz CT molecular complexity index is 1230. The third kappa shape index (κ3) is 5.03. The summed E-state index contributed by atoms with van der Waals surface area (Å²) in [6.07, 6.45) is 0. The van der Waals surface area contributed by atoms with E-state index in [2.05, 4.69) is 15.3 Å². The number of hydrogen-bond acceptors (Lipinski definition) is 9. The maximum atomic E-state index is 12.7. The van der Waals surface area contributed by atoms with Crippen molar-refractivity contribution < 1.29 is 28.1 Å². The molecule has 0 spiro atoms. The molecule has 2 aromatic heterocycles. The van der Waals surface area contributed by atoms with E-state index in [1.165, 1.54) is 0 Å². The number of aryl methyl sites for hydroxylation is 2. The summed E-state index contributed by atoms with van der Waals surface area (Å²) >= 11 is 0. The third-order valence-corrected chi connectivity index (χ3v) is 4.88. The molecule has 9 heteroatoms. The van der Waals surface area contributed by atoms with Crippen molar-refractivity contribution >= 4 is 5.97 Å². The number of carbonyl (C=O) groups excluding carboxylic acids is 1. The largest absolute Gasteiger partial charge is 0.493 e. The molecule has 0 unspecified atom stereocenters. The highest BCUT2D eigenvalue weighted by molar-refractivity contribution is 5.92. The molecular formula is C24H23N3O6. The second-order valence-electron chi connectivity index (χ2n) is 7.10. The van der Waals surface area contributed by atoms with E-state index in [-0.39, 0.29) is 24.7 Å². The predicted octanol–water partition coefficient (Wildman–Crippen LogP) is 4.68. The monoisotopic (exact) mass is 449 g/mol. The molecule has 170 valence electrons. The zero-order valence-electron chi connectivity index (χ0n) is 18.5. The first-order valence-electron chi connectivity index (χ1n) is 10.4. The molecular weight excluding hydrogens is 426 g/mol. The third-order valence-electron chi connectivity index (χ3n) is 4.88. The smallest absolute Gasteiger partial charge is 0.342 e. The summed E-state index contributed by atoms with van der Waals surface area (Å²) < 4.78 is 27.2. The van der Waals surface area contributed by atoms with E-state index < -0.39 is 5.97 Å². The zero-order chi connectivity index (χ0) is 23.2. The van der Waals surface area contributed by atoms with Gasteiger partial charge in [-0.3, -0.25) is 0 Å². The van der Waals surface area contributed by atoms with Gasteiger partial charge in [-0.25, -0.2) is 4.79 Å². The molecule has 0 radical (unpaired) electrons. The maximum Gasteiger partial charge on any atom is 0.342 e. The molecule has 2 heterocycles. The second-order valence-corrected chi connectivity index (χ2v) is 7.10. The number of hydrogen-bond donors (Lipinski definition) is 0. The first-order valence-corrected chi connectivity index (χ1v) is 10.4. The minimum Gasteiger partial charge on any atom is -0.493 e. The molecule has 9 nitrogen and oxygen atoms in total. The van der Waals surface area contributed by atoms with E-state index in [1.54, 1.807) is 24.3 Å². The van der Waals surface area contributed by atoms with E-state index >= 15 is 0 Å². The number of esters is 1. The van der Waals surface area contributed by atoms with Crippen molar-refractivity contribution in [1.29, 1.82) is 0 Å². The van der Waals surface area contributed by atoms with Crippen molar-refractivity contribution in [3.8, 4) is 22.9 Å². The molecule has 4 rings (SSSR count). The number of carbonyl (C=O) groups is 1. The van der Waals surface area contributed by atoms with Gasteiger partial charge >= 0.3 is 5.97 Å². The van der Waals surface area contributed by atoms with Crippen molar-refractivity contribution in [2.75, 3.05) is 6.61 Å². The van der Waals surface area contributed by atoms with Crippen molar-refractivity contribution in [2.24, 2.45) is 0 Å². The van der Waals surface area contributed by atoms with E-state index in [4.69, 9.17) is 23.3 Å². The Labute approximate surface area is 190 Å². The second kappa shape index (κ2) is 9.99. The standard InChI is InChI=1S/C24H23N3O6/c1-4-29-20-11-7-5-9-17(20)23-25-22(33-27-23)14-31-24(28)18-10-6-8-12-21(18)30-13-19-15(2)26-32-16(19)3/h5-12H,4,13-14H2,1-3H3. The van der Waals surface area contributed by atoms with Crippen LogP contribution in [0.15, 0.2) is 57.6 Å². The van der Waals surface area contributed by atoms with Crippen LogP contribution < -0.4 is 9.47 Å². The molecule has 2 aromatic carbocycles. The summed E-state index contributed by atoms with van der Waals surface area (Å²) in [5.41, 5.74) is 2.55. The minimum absolute atomic E-state index is 0.166. The van der Waals surface area contributed by atoms with Crippen LogP contribution in [-0.4, -0.2) is 27.9 Å². The Morgan fingerprint density at radius 3 is 2.42 bits per heavy atom. The van der Waals surface area contributed by atoms with Crippen molar-refractivity contribution in [2.45, 2.75) is 34.0 Å². The lowest BCUT2D eigenvalue weighted by atomic mass is 10.2. The molecule has 0 amide bonds. The highest BCUT2D eigenvalue weighted by Crippen LogP contribution is 2.28. The van der Waals surface area contributed by atoms with Gasteiger partial charge in [0.2, 0.25) is 5.82 Å². The Morgan fingerprint density at radius 1 is 0.909 bits per heavy atom. The van der Waals surface area contributed by atoms with Crippen molar-refractivity contribution in [3.05, 3.63) is 77.0 Å². The quantitative estimate of drug-likeness (QED) is 0.336. The van der Waals surface area contributed by atoms with Gasteiger partial charge in [-0.15, -0.1) is 0 Å². The predicted molar refractivity (Wildman–Crippen MR) is 117 cm³/mol. The van der Waals surface area contributed by atoms with Crippen LogP contribution in [0.25, 0.3) is 11.4 Å². The average molecular weight is 449 g/mol. The molecule has 0 saturated carbocycles. The van der Waals surface area contributed by atoms with Gasteiger partial charge in [0.15, 0.2) is 6.61 Å². The Hall–Kier alpha value is -4.14. The van der Waals surface area contributed by atoms with Crippen LogP contribution in [0.3, 0.4) is 0 Å². The molecule has 0 atom stereocenters. The molecule has 0 fully saturated rings. The Balaban J connectivity index is 1.42. The lowest BCUT2D eigenvalue weighted by molar-refractivity contribution is 0.0425. The van der Waals surface area contributed by atoms with Crippen LogP contribution in [0.2, 0.25) is 0 Å².